The maximum atomic E-state index is 12.8. The van der Waals surface area contributed by atoms with Gasteiger partial charge in [0.25, 0.3) is 5.91 Å². The van der Waals surface area contributed by atoms with E-state index in [4.69, 9.17) is 9.26 Å². The lowest BCUT2D eigenvalue weighted by Crippen LogP contribution is -2.37. The van der Waals surface area contributed by atoms with Crippen molar-refractivity contribution in [2.24, 2.45) is 0 Å². The minimum atomic E-state index is -0.745. The van der Waals surface area contributed by atoms with Crippen LogP contribution in [0.25, 0.3) is 11.4 Å². The summed E-state index contributed by atoms with van der Waals surface area (Å²) < 4.78 is 10.3. The van der Waals surface area contributed by atoms with Crippen molar-refractivity contribution in [1.82, 2.24) is 20.4 Å². The van der Waals surface area contributed by atoms with Gasteiger partial charge in [0.1, 0.15) is 10.5 Å². The second kappa shape index (κ2) is 11.1. The average molecular weight is 511 g/mol. The number of carbonyl (C=O) groups excluding carboxylic acids is 3. The van der Waals surface area contributed by atoms with Crippen LogP contribution in [0.4, 0.5) is 5.13 Å². The van der Waals surface area contributed by atoms with E-state index in [9.17, 15) is 19.6 Å². The summed E-state index contributed by atoms with van der Waals surface area (Å²) in [6.07, 6.45) is -0.244. The molecule has 2 aromatic heterocycles. The Bertz CT molecular complexity index is 1320. The highest BCUT2D eigenvalue weighted by Crippen LogP contribution is 2.25. The predicted molar refractivity (Wildman–Crippen MR) is 131 cm³/mol. The quantitative estimate of drug-likeness (QED) is 0.429. The molecule has 12 heteroatoms. The van der Waals surface area contributed by atoms with E-state index in [0.717, 1.165) is 11.3 Å². The number of nitriles is 1. The second-order valence-corrected chi connectivity index (χ2v) is 9.94. The molecule has 0 aliphatic carbocycles. The Morgan fingerprint density at radius 3 is 2.61 bits per heavy atom. The number of amides is 2. The van der Waals surface area contributed by atoms with Crippen molar-refractivity contribution in [2.75, 3.05) is 5.32 Å². The molecular weight excluding hydrogens is 484 g/mol. The fraction of sp³-hybridized carbons (Fsp3) is 0.375. The predicted octanol–water partition coefficient (Wildman–Crippen LogP) is 3.81. The molecule has 0 unspecified atom stereocenters. The molecule has 0 aliphatic rings. The molecule has 1 atom stereocenters. The van der Waals surface area contributed by atoms with Crippen LogP contribution in [0.5, 0.6) is 0 Å². The summed E-state index contributed by atoms with van der Waals surface area (Å²) in [5.41, 5.74) is 0.678. The van der Waals surface area contributed by atoms with E-state index in [1.54, 1.807) is 58.9 Å². The fourth-order valence-corrected chi connectivity index (χ4v) is 3.99. The maximum absolute atomic E-state index is 12.8. The summed E-state index contributed by atoms with van der Waals surface area (Å²) in [5, 5.41) is 18.6. The molecule has 1 aromatic carbocycles. The van der Waals surface area contributed by atoms with Crippen LogP contribution >= 0.6 is 11.3 Å². The molecule has 3 aromatic rings. The van der Waals surface area contributed by atoms with Crippen LogP contribution in [-0.4, -0.2) is 44.6 Å². The second-order valence-electron chi connectivity index (χ2n) is 8.94. The van der Waals surface area contributed by atoms with Crippen LogP contribution in [-0.2, 0) is 9.53 Å². The number of carbonyl (C=O) groups is 3. The van der Waals surface area contributed by atoms with E-state index in [2.05, 4.69) is 25.8 Å². The zero-order valence-electron chi connectivity index (χ0n) is 20.5. The summed E-state index contributed by atoms with van der Waals surface area (Å²) >= 11 is 1.000. The molecule has 2 heterocycles. The number of nitrogens with one attached hydrogen (secondary N) is 2. The van der Waals surface area contributed by atoms with E-state index in [1.165, 1.54) is 0 Å². The minimum absolute atomic E-state index is 0.0804. The van der Waals surface area contributed by atoms with Gasteiger partial charge in [0, 0.05) is 24.5 Å². The number of aryl methyl sites for hydroxylation is 2. The molecule has 36 heavy (non-hydrogen) atoms. The van der Waals surface area contributed by atoms with Gasteiger partial charge in [-0.2, -0.15) is 10.2 Å². The van der Waals surface area contributed by atoms with Gasteiger partial charge in [0.15, 0.2) is 5.13 Å². The minimum Gasteiger partial charge on any atom is -0.456 e. The maximum Gasteiger partial charge on any atom is 0.350 e. The van der Waals surface area contributed by atoms with Gasteiger partial charge in [-0.1, -0.05) is 28.6 Å². The van der Waals surface area contributed by atoms with Gasteiger partial charge in [-0.25, -0.2) is 9.78 Å². The molecule has 11 nitrogen and oxygen atoms in total. The van der Waals surface area contributed by atoms with Crippen LogP contribution in [0.15, 0.2) is 28.8 Å². The lowest BCUT2D eigenvalue weighted by Gasteiger charge is -2.18. The zero-order valence-corrected chi connectivity index (χ0v) is 21.4. The standard InChI is InChI=1S/C24H26N6O5S/c1-13-19(22(33)34-24(3,4)5)36-23(26-13)29-18(31)12-17(9-10-25)28-21(32)16-8-6-7-15(11-16)20-27-14(2)35-30-20/h6-8,11,17H,9,12H2,1-5H3,(H,28,32)(H,26,29,31)/t17-/m0/s1. The Morgan fingerprint density at radius 2 is 1.97 bits per heavy atom. The lowest BCUT2D eigenvalue weighted by molar-refractivity contribution is -0.116. The van der Waals surface area contributed by atoms with Crippen LogP contribution in [0.3, 0.4) is 0 Å². The SMILES string of the molecule is Cc1nc(-c2cccc(C(=O)N[C@@H](CC#N)CC(=O)Nc3nc(C)c(C(=O)OC(C)(C)C)s3)c2)no1. The van der Waals surface area contributed by atoms with Gasteiger partial charge in [0.05, 0.1) is 24.2 Å². The van der Waals surface area contributed by atoms with Crippen LogP contribution in [0.2, 0.25) is 0 Å². The van der Waals surface area contributed by atoms with Crippen molar-refractivity contribution in [1.29, 1.82) is 5.26 Å². The Labute approximate surface area is 211 Å². The zero-order chi connectivity index (χ0) is 26.5. The molecule has 0 saturated carbocycles. The molecule has 0 fully saturated rings. The average Bonchev–Trinajstić information content (AvgIpc) is 3.38. The largest absolute Gasteiger partial charge is 0.456 e. The highest BCUT2D eigenvalue weighted by atomic mass is 32.1. The lowest BCUT2D eigenvalue weighted by atomic mass is 10.1. The summed E-state index contributed by atoms with van der Waals surface area (Å²) in [4.78, 5) is 46.5. The van der Waals surface area contributed by atoms with Gasteiger partial charge in [-0.05, 0) is 39.8 Å². The molecule has 0 spiro atoms. The normalized spacial score (nSPS) is 11.9. The number of ether oxygens (including phenoxy) is 1. The first-order valence-corrected chi connectivity index (χ1v) is 11.9. The Kier molecular flexibility index (Phi) is 8.16. The third-order valence-corrected chi connectivity index (χ3v) is 5.70. The first-order chi connectivity index (χ1) is 16.9. The highest BCUT2D eigenvalue weighted by Gasteiger charge is 2.24. The van der Waals surface area contributed by atoms with Gasteiger partial charge in [-0.3, -0.25) is 9.59 Å². The Balaban J connectivity index is 1.64. The number of rotatable bonds is 8. The Morgan fingerprint density at radius 1 is 1.22 bits per heavy atom. The molecule has 0 saturated heterocycles. The van der Waals surface area contributed by atoms with Gasteiger partial charge < -0.3 is 19.9 Å². The number of hydrogen-bond acceptors (Lipinski definition) is 10. The van der Waals surface area contributed by atoms with Crippen molar-refractivity contribution in [2.45, 2.75) is 59.1 Å². The third kappa shape index (κ3) is 7.19. The summed E-state index contributed by atoms with van der Waals surface area (Å²) in [6, 6.07) is 7.85. The first-order valence-electron chi connectivity index (χ1n) is 11.0. The van der Waals surface area contributed by atoms with Gasteiger partial charge in [0.2, 0.25) is 17.6 Å². The fourth-order valence-electron chi connectivity index (χ4n) is 3.13. The number of hydrogen-bond donors (Lipinski definition) is 2. The van der Waals surface area contributed by atoms with Crippen LogP contribution in [0, 0.1) is 25.2 Å². The number of aromatic nitrogens is 3. The van der Waals surface area contributed by atoms with Crippen LogP contribution in [0.1, 0.15) is 65.2 Å². The van der Waals surface area contributed by atoms with Gasteiger partial charge >= 0.3 is 5.97 Å². The third-order valence-electron chi connectivity index (χ3n) is 4.64. The van der Waals surface area contributed by atoms with Crippen molar-refractivity contribution in [3.05, 3.63) is 46.3 Å². The molecular formula is C24H26N6O5S. The molecule has 0 bridgehead atoms. The van der Waals surface area contributed by atoms with E-state index < -0.39 is 29.4 Å². The summed E-state index contributed by atoms with van der Waals surface area (Å²) in [7, 11) is 0. The van der Waals surface area contributed by atoms with Crippen molar-refractivity contribution in [3.8, 4) is 17.5 Å². The van der Waals surface area contributed by atoms with E-state index in [-0.39, 0.29) is 18.0 Å². The van der Waals surface area contributed by atoms with E-state index in [0.29, 0.717) is 33.4 Å². The summed E-state index contributed by atoms with van der Waals surface area (Å²) in [6.45, 7) is 8.59. The summed E-state index contributed by atoms with van der Waals surface area (Å²) in [5.74, 6) is -0.697. The molecule has 3 rings (SSSR count). The number of thiazole rings is 1. The monoisotopic (exact) mass is 510 g/mol. The number of esters is 1. The van der Waals surface area contributed by atoms with E-state index in [1.807, 2.05) is 6.07 Å². The first kappa shape index (κ1) is 26.5. The molecule has 0 radical (unpaired) electrons. The number of anilines is 1. The van der Waals surface area contributed by atoms with Crippen molar-refractivity contribution in [3.63, 3.8) is 0 Å². The topological polar surface area (TPSA) is 160 Å². The number of benzene rings is 1. The van der Waals surface area contributed by atoms with Crippen molar-refractivity contribution >= 4 is 34.3 Å². The highest BCUT2D eigenvalue weighted by molar-refractivity contribution is 7.17. The smallest absolute Gasteiger partial charge is 0.350 e. The molecule has 2 N–H and O–H groups in total. The molecule has 188 valence electrons. The number of nitrogens with zero attached hydrogens (tertiary/aromatic N) is 4. The van der Waals surface area contributed by atoms with E-state index >= 15 is 0 Å². The van der Waals surface area contributed by atoms with Crippen LogP contribution < -0.4 is 10.6 Å². The molecule has 0 aliphatic heterocycles. The van der Waals surface area contributed by atoms with Crippen molar-refractivity contribution < 1.29 is 23.6 Å². The Hall–Kier alpha value is -4.11. The molecule has 2 amide bonds. The van der Waals surface area contributed by atoms with Gasteiger partial charge in [-0.15, -0.1) is 0 Å².